The van der Waals surface area contributed by atoms with Crippen LogP contribution in [0.3, 0.4) is 0 Å². The van der Waals surface area contributed by atoms with E-state index in [9.17, 15) is 4.79 Å². The molecular formula is C8H8N4O2. The van der Waals surface area contributed by atoms with Crippen LogP contribution in [0.5, 0.6) is 0 Å². The van der Waals surface area contributed by atoms with Crippen LogP contribution in [-0.4, -0.2) is 21.0 Å². The number of nitrogens with zero attached hydrogens (tertiary/aromatic N) is 1. The van der Waals surface area contributed by atoms with Crippen LogP contribution in [0.2, 0.25) is 0 Å². The van der Waals surface area contributed by atoms with Crippen molar-refractivity contribution >= 4 is 28.6 Å². The Morgan fingerprint density at radius 3 is 2.79 bits per heavy atom. The number of hydrogen-bond acceptors (Lipinski definition) is 4. The zero-order chi connectivity index (χ0) is 10.3. The number of nitrogens with two attached hydrogens (primary N) is 2. The molecule has 0 spiro atoms. The molecular weight excluding hydrogens is 184 g/mol. The van der Waals surface area contributed by atoms with Crippen molar-refractivity contribution < 1.29 is 9.90 Å². The van der Waals surface area contributed by atoms with Crippen LogP contribution in [0.1, 0.15) is 10.4 Å². The number of benzene rings is 1. The number of H-pyrrole nitrogens is 1. The van der Waals surface area contributed by atoms with Crippen LogP contribution < -0.4 is 11.5 Å². The number of nitrogens with one attached hydrogen (secondary N) is 1. The number of nitrogen functional groups attached to an aromatic ring is 2. The van der Waals surface area contributed by atoms with Gasteiger partial charge in [-0.2, -0.15) is 0 Å². The van der Waals surface area contributed by atoms with E-state index in [2.05, 4.69) is 9.97 Å². The van der Waals surface area contributed by atoms with Crippen molar-refractivity contribution in [2.24, 2.45) is 0 Å². The number of carboxylic acids is 1. The van der Waals surface area contributed by atoms with Gasteiger partial charge in [0.05, 0.1) is 16.8 Å². The second-order valence-electron chi connectivity index (χ2n) is 2.89. The Morgan fingerprint density at radius 1 is 1.43 bits per heavy atom. The summed E-state index contributed by atoms with van der Waals surface area (Å²) in [5.74, 6) is -0.819. The van der Waals surface area contributed by atoms with Crippen molar-refractivity contribution in [3.05, 3.63) is 17.7 Å². The number of imidazole rings is 1. The fourth-order valence-corrected chi connectivity index (χ4v) is 1.29. The Bertz CT molecular complexity index is 517. The number of fused-ring (bicyclic) bond motifs is 1. The summed E-state index contributed by atoms with van der Waals surface area (Å²) in [7, 11) is 0. The van der Waals surface area contributed by atoms with E-state index >= 15 is 0 Å². The van der Waals surface area contributed by atoms with E-state index in [-0.39, 0.29) is 11.5 Å². The molecule has 0 aliphatic carbocycles. The molecule has 1 heterocycles. The van der Waals surface area contributed by atoms with Gasteiger partial charge >= 0.3 is 5.97 Å². The molecule has 0 atom stereocenters. The van der Waals surface area contributed by atoms with Crippen molar-refractivity contribution in [3.63, 3.8) is 0 Å². The van der Waals surface area contributed by atoms with Gasteiger partial charge in [-0.05, 0) is 12.1 Å². The third kappa shape index (κ3) is 1.13. The summed E-state index contributed by atoms with van der Waals surface area (Å²) in [5.41, 5.74) is 12.5. The highest BCUT2D eigenvalue weighted by atomic mass is 16.4. The van der Waals surface area contributed by atoms with Crippen molar-refractivity contribution in [3.8, 4) is 0 Å². The van der Waals surface area contributed by atoms with Gasteiger partial charge in [-0.15, -0.1) is 0 Å². The molecule has 2 aromatic rings. The fraction of sp³-hybridized carbons (Fsp3) is 0. The van der Waals surface area contributed by atoms with Gasteiger partial charge in [0, 0.05) is 0 Å². The van der Waals surface area contributed by atoms with Gasteiger partial charge in [-0.25, -0.2) is 9.78 Å². The smallest absolute Gasteiger partial charge is 0.335 e. The second-order valence-corrected chi connectivity index (χ2v) is 2.89. The van der Waals surface area contributed by atoms with Gasteiger partial charge in [0.1, 0.15) is 5.52 Å². The first-order valence-electron chi connectivity index (χ1n) is 3.86. The number of carbonyl (C=O) groups is 1. The normalized spacial score (nSPS) is 10.6. The van der Waals surface area contributed by atoms with Crippen LogP contribution >= 0.6 is 0 Å². The second kappa shape index (κ2) is 2.63. The minimum Gasteiger partial charge on any atom is -0.478 e. The average Bonchev–Trinajstić information content (AvgIpc) is 2.45. The largest absolute Gasteiger partial charge is 0.478 e. The third-order valence-electron chi connectivity index (χ3n) is 1.88. The number of aromatic nitrogens is 2. The lowest BCUT2D eigenvalue weighted by Gasteiger charge is -1.97. The molecule has 0 aliphatic heterocycles. The minimum atomic E-state index is -1.04. The van der Waals surface area contributed by atoms with Crippen LogP contribution in [0.4, 0.5) is 11.6 Å². The SMILES string of the molecule is Nc1nc2c(N)cc(C(=O)O)cc2[nH]1. The Labute approximate surface area is 78.5 Å². The van der Waals surface area contributed by atoms with E-state index in [0.717, 1.165) is 0 Å². The summed E-state index contributed by atoms with van der Waals surface area (Å²) in [6.07, 6.45) is 0. The molecule has 0 unspecified atom stereocenters. The number of aromatic carboxylic acids is 1. The van der Waals surface area contributed by atoms with Crippen LogP contribution in [0, 0.1) is 0 Å². The van der Waals surface area contributed by atoms with Gasteiger partial charge in [-0.1, -0.05) is 0 Å². The molecule has 0 saturated carbocycles. The summed E-state index contributed by atoms with van der Waals surface area (Å²) >= 11 is 0. The van der Waals surface area contributed by atoms with E-state index in [1.165, 1.54) is 12.1 Å². The van der Waals surface area contributed by atoms with E-state index in [1.54, 1.807) is 0 Å². The summed E-state index contributed by atoms with van der Waals surface area (Å²) in [6, 6.07) is 2.79. The zero-order valence-electron chi connectivity index (χ0n) is 7.11. The quantitative estimate of drug-likeness (QED) is 0.488. The summed E-state index contributed by atoms with van der Waals surface area (Å²) < 4.78 is 0. The maximum atomic E-state index is 10.7. The summed E-state index contributed by atoms with van der Waals surface area (Å²) in [4.78, 5) is 17.3. The molecule has 1 aromatic heterocycles. The summed E-state index contributed by atoms with van der Waals surface area (Å²) in [6.45, 7) is 0. The van der Waals surface area contributed by atoms with Crippen LogP contribution in [0.25, 0.3) is 11.0 Å². The molecule has 0 radical (unpaired) electrons. The van der Waals surface area contributed by atoms with E-state index < -0.39 is 5.97 Å². The van der Waals surface area contributed by atoms with E-state index in [1.807, 2.05) is 0 Å². The monoisotopic (exact) mass is 192 g/mol. The van der Waals surface area contributed by atoms with Gasteiger partial charge < -0.3 is 21.6 Å². The molecule has 14 heavy (non-hydrogen) atoms. The fourth-order valence-electron chi connectivity index (χ4n) is 1.29. The Kier molecular flexibility index (Phi) is 1.57. The number of carboxylic acid groups (broad SMARTS) is 1. The molecule has 0 fully saturated rings. The zero-order valence-corrected chi connectivity index (χ0v) is 7.11. The molecule has 0 amide bonds. The number of rotatable bonds is 1. The first-order valence-corrected chi connectivity index (χ1v) is 3.86. The highest BCUT2D eigenvalue weighted by Gasteiger charge is 2.09. The van der Waals surface area contributed by atoms with Crippen LogP contribution in [-0.2, 0) is 0 Å². The lowest BCUT2D eigenvalue weighted by atomic mass is 10.2. The number of hydrogen-bond donors (Lipinski definition) is 4. The maximum Gasteiger partial charge on any atom is 0.335 e. The lowest BCUT2D eigenvalue weighted by Crippen LogP contribution is -1.98. The maximum absolute atomic E-state index is 10.7. The molecule has 6 nitrogen and oxygen atoms in total. The molecule has 6 N–H and O–H groups in total. The molecule has 0 aliphatic rings. The Hall–Kier alpha value is -2.24. The van der Waals surface area contributed by atoms with Crippen molar-refractivity contribution in [1.82, 2.24) is 9.97 Å². The highest BCUT2D eigenvalue weighted by Crippen LogP contribution is 2.21. The molecule has 0 saturated heterocycles. The Balaban J connectivity index is 2.77. The molecule has 2 rings (SSSR count). The predicted octanol–water partition coefficient (Wildman–Crippen LogP) is 0.425. The first-order chi connectivity index (χ1) is 6.58. The predicted molar refractivity (Wildman–Crippen MR) is 51.9 cm³/mol. The van der Waals surface area contributed by atoms with E-state index in [4.69, 9.17) is 16.6 Å². The van der Waals surface area contributed by atoms with E-state index in [0.29, 0.717) is 16.7 Å². The molecule has 6 heteroatoms. The van der Waals surface area contributed by atoms with Crippen LogP contribution in [0.15, 0.2) is 12.1 Å². The lowest BCUT2D eigenvalue weighted by molar-refractivity contribution is 0.0697. The average molecular weight is 192 g/mol. The topological polar surface area (TPSA) is 118 Å². The first kappa shape index (κ1) is 8.36. The molecule has 1 aromatic carbocycles. The van der Waals surface area contributed by atoms with Gasteiger partial charge in [0.2, 0.25) is 0 Å². The van der Waals surface area contributed by atoms with Gasteiger partial charge in [0.15, 0.2) is 5.95 Å². The van der Waals surface area contributed by atoms with Gasteiger partial charge in [0.25, 0.3) is 0 Å². The minimum absolute atomic E-state index is 0.110. The third-order valence-corrected chi connectivity index (χ3v) is 1.88. The molecule has 72 valence electrons. The number of anilines is 2. The van der Waals surface area contributed by atoms with Gasteiger partial charge in [-0.3, -0.25) is 0 Å². The van der Waals surface area contributed by atoms with Crippen molar-refractivity contribution in [1.29, 1.82) is 0 Å². The Morgan fingerprint density at radius 2 is 2.14 bits per heavy atom. The van der Waals surface area contributed by atoms with Crippen molar-refractivity contribution in [2.75, 3.05) is 11.5 Å². The number of aromatic amines is 1. The summed E-state index contributed by atoms with van der Waals surface area (Å²) in [5, 5.41) is 8.75. The molecule has 0 bridgehead atoms. The highest BCUT2D eigenvalue weighted by molar-refractivity contribution is 5.97. The standard InChI is InChI=1S/C8H8N4O2/c9-4-1-3(7(13)14)2-5-6(4)12-8(10)11-5/h1-2H,9H2,(H,13,14)(H3,10,11,12). The van der Waals surface area contributed by atoms with Crippen molar-refractivity contribution in [2.45, 2.75) is 0 Å².